The molecule has 2 N–H and O–H groups in total. The average Bonchev–Trinajstić information content (AvgIpc) is 2.63. The summed E-state index contributed by atoms with van der Waals surface area (Å²) in [7, 11) is 0. The van der Waals surface area contributed by atoms with Crippen molar-refractivity contribution in [3.63, 3.8) is 0 Å². The number of carbonyl (C=O) groups is 2. The zero-order valence-corrected chi connectivity index (χ0v) is 15.3. The van der Waals surface area contributed by atoms with Crippen molar-refractivity contribution in [2.75, 3.05) is 0 Å². The van der Waals surface area contributed by atoms with Crippen LogP contribution in [-0.4, -0.2) is 23.9 Å². The minimum absolute atomic E-state index is 0.0140. The maximum absolute atomic E-state index is 13.1. The van der Waals surface area contributed by atoms with Gasteiger partial charge in [-0.3, -0.25) is 9.59 Å². The lowest BCUT2D eigenvalue weighted by Crippen LogP contribution is -2.53. The van der Waals surface area contributed by atoms with Gasteiger partial charge in [0.1, 0.15) is 0 Å². The van der Waals surface area contributed by atoms with Crippen molar-refractivity contribution in [3.8, 4) is 11.1 Å². The van der Waals surface area contributed by atoms with Gasteiger partial charge in [-0.1, -0.05) is 37.1 Å². The number of fused-ring (bicyclic) bond motifs is 4. The van der Waals surface area contributed by atoms with Gasteiger partial charge in [0, 0.05) is 23.2 Å². The molecule has 4 rings (SSSR count). The van der Waals surface area contributed by atoms with E-state index in [0.717, 1.165) is 47.9 Å². The molecule has 0 bridgehead atoms. The summed E-state index contributed by atoms with van der Waals surface area (Å²) in [5, 5.41) is 6.38. The summed E-state index contributed by atoms with van der Waals surface area (Å²) >= 11 is 0. The number of benzene rings is 2. The van der Waals surface area contributed by atoms with E-state index in [1.54, 1.807) is 0 Å². The van der Waals surface area contributed by atoms with Gasteiger partial charge in [-0.2, -0.15) is 0 Å². The van der Waals surface area contributed by atoms with Crippen LogP contribution >= 0.6 is 0 Å². The molecule has 4 nitrogen and oxygen atoms in total. The van der Waals surface area contributed by atoms with Gasteiger partial charge < -0.3 is 10.6 Å². The van der Waals surface area contributed by atoms with E-state index in [0.29, 0.717) is 11.1 Å². The van der Waals surface area contributed by atoms with E-state index in [2.05, 4.69) is 10.6 Å². The second-order valence-electron chi connectivity index (χ2n) is 7.44. The third kappa shape index (κ3) is 2.79. The van der Waals surface area contributed by atoms with Crippen molar-refractivity contribution in [1.29, 1.82) is 0 Å². The van der Waals surface area contributed by atoms with Crippen LogP contribution in [0.15, 0.2) is 36.4 Å². The molecule has 0 aromatic heterocycles. The topological polar surface area (TPSA) is 58.2 Å². The molecule has 1 fully saturated rings. The van der Waals surface area contributed by atoms with Crippen molar-refractivity contribution in [1.82, 2.24) is 10.6 Å². The Kier molecular flexibility index (Phi) is 4.27. The summed E-state index contributed by atoms with van der Waals surface area (Å²) < 4.78 is 0. The number of nitrogens with one attached hydrogen (secondary N) is 2. The minimum atomic E-state index is -0.0500. The van der Waals surface area contributed by atoms with Gasteiger partial charge in [0.05, 0.1) is 0 Å². The van der Waals surface area contributed by atoms with Crippen LogP contribution in [0.25, 0.3) is 11.1 Å². The van der Waals surface area contributed by atoms with Crippen molar-refractivity contribution < 1.29 is 9.59 Å². The lowest BCUT2D eigenvalue weighted by molar-refractivity contribution is 0.0861. The van der Waals surface area contributed by atoms with E-state index < -0.39 is 0 Å². The summed E-state index contributed by atoms with van der Waals surface area (Å²) in [5.41, 5.74) is 5.03. The van der Waals surface area contributed by atoms with Gasteiger partial charge in [0.25, 0.3) is 11.8 Å². The van der Waals surface area contributed by atoms with Crippen LogP contribution in [0, 0.1) is 13.8 Å². The Morgan fingerprint density at radius 1 is 0.731 bits per heavy atom. The Labute approximate surface area is 154 Å². The lowest BCUT2D eigenvalue weighted by Gasteiger charge is -2.34. The summed E-state index contributed by atoms with van der Waals surface area (Å²) in [6, 6.07) is 11.5. The molecule has 0 unspecified atom stereocenters. The highest BCUT2D eigenvalue weighted by atomic mass is 16.2. The second kappa shape index (κ2) is 6.60. The van der Waals surface area contributed by atoms with Crippen LogP contribution in [0.3, 0.4) is 0 Å². The molecular formula is C22H24N2O2. The molecule has 1 saturated carbocycles. The number of amides is 2. The second-order valence-corrected chi connectivity index (χ2v) is 7.44. The molecule has 0 spiro atoms. The quantitative estimate of drug-likeness (QED) is 0.762. The molecule has 2 aliphatic rings. The third-order valence-corrected chi connectivity index (χ3v) is 5.68. The van der Waals surface area contributed by atoms with Crippen LogP contribution in [0.2, 0.25) is 0 Å². The first-order valence-corrected chi connectivity index (χ1v) is 9.37. The highest BCUT2D eigenvalue weighted by molar-refractivity contribution is 6.08. The van der Waals surface area contributed by atoms with E-state index >= 15 is 0 Å². The first kappa shape index (κ1) is 16.8. The molecule has 1 heterocycles. The Bertz CT molecular complexity index is 814. The lowest BCUT2D eigenvalue weighted by atomic mass is 9.85. The predicted octanol–water partition coefficient (Wildman–Crippen LogP) is 3.75. The first-order valence-electron chi connectivity index (χ1n) is 9.37. The first-order chi connectivity index (χ1) is 12.6. The number of hydrogen-bond donors (Lipinski definition) is 2. The van der Waals surface area contributed by atoms with Crippen molar-refractivity contribution >= 4 is 11.8 Å². The van der Waals surface area contributed by atoms with Crippen LogP contribution in [0.4, 0.5) is 0 Å². The Morgan fingerprint density at radius 3 is 1.58 bits per heavy atom. The monoisotopic (exact) mass is 348 g/mol. The summed E-state index contributed by atoms with van der Waals surface area (Å²) in [6.45, 7) is 3.99. The minimum Gasteiger partial charge on any atom is -0.347 e. The molecule has 2 amide bonds. The molecule has 0 saturated heterocycles. The number of hydrogen-bond acceptors (Lipinski definition) is 2. The smallest absolute Gasteiger partial charge is 0.252 e. The molecule has 1 aliphatic heterocycles. The molecule has 1 aliphatic carbocycles. The van der Waals surface area contributed by atoms with Crippen LogP contribution in [0.5, 0.6) is 0 Å². The third-order valence-electron chi connectivity index (χ3n) is 5.68. The molecule has 134 valence electrons. The maximum Gasteiger partial charge on any atom is 0.252 e. The van der Waals surface area contributed by atoms with Gasteiger partial charge in [0.15, 0.2) is 0 Å². The van der Waals surface area contributed by atoms with Gasteiger partial charge in [-0.15, -0.1) is 0 Å². The van der Waals surface area contributed by atoms with Crippen molar-refractivity contribution in [2.24, 2.45) is 0 Å². The van der Waals surface area contributed by atoms with Crippen molar-refractivity contribution in [3.05, 3.63) is 58.7 Å². The fourth-order valence-corrected chi connectivity index (χ4v) is 4.35. The van der Waals surface area contributed by atoms with E-state index in [1.807, 2.05) is 50.2 Å². The molecule has 0 radical (unpaired) electrons. The summed E-state index contributed by atoms with van der Waals surface area (Å²) in [4.78, 5) is 26.2. The Balaban J connectivity index is 1.96. The van der Waals surface area contributed by atoms with E-state index in [-0.39, 0.29) is 23.9 Å². The van der Waals surface area contributed by atoms with Crippen LogP contribution in [0.1, 0.15) is 57.5 Å². The fraction of sp³-hybridized carbons (Fsp3) is 0.364. The Morgan fingerprint density at radius 2 is 1.15 bits per heavy atom. The molecular weight excluding hydrogens is 324 g/mol. The molecule has 2 aromatic rings. The number of rotatable bonds is 0. The molecule has 26 heavy (non-hydrogen) atoms. The highest BCUT2D eigenvalue weighted by Crippen LogP contribution is 2.34. The molecule has 4 heteroatoms. The highest BCUT2D eigenvalue weighted by Gasteiger charge is 2.32. The van der Waals surface area contributed by atoms with Gasteiger partial charge in [-0.05, 0) is 61.1 Å². The van der Waals surface area contributed by atoms with Crippen LogP contribution < -0.4 is 10.6 Å². The zero-order valence-electron chi connectivity index (χ0n) is 15.3. The molecule has 2 aromatic carbocycles. The predicted molar refractivity (Wildman–Crippen MR) is 102 cm³/mol. The molecule has 2 atom stereocenters. The van der Waals surface area contributed by atoms with Gasteiger partial charge in [0.2, 0.25) is 0 Å². The largest absolute Gasteiger partial charge is 0.347 e. The normalized spacial score (nSPS) is 22.4. The Hall–Kier alpha value is -2.62. The summed E-state index contributed by atoms with van der Waals surface area (Å²) in [5.74, 6) is -0.100. The number of aryl methyl sites for hydroxylation is 2. The standard InChI is InChI=1S/C22H24N2O2/c1-13-7-5-9-15-19(13)20-14(2)8-6-10-16(20)22(26)24-18-12-4-3-11-17(18)23-21(15)25/h5-10,17-18H,3-4,11-12H2,1-2H3,(H,23,25)(H,24,26)/t17-,18-/m0/s1. The van der Waals surface area contributed by atoms with Crippen LogP contribution in [-0.2, 0) is 0 Å². The fourth-order valence-electron chi connectivity index (χ4n) is 4.35. The SMILES string of the molecule is Cc1cccc2c1-c1c(C)cccc1C(=O)N[C@H]1CCCC[C@@H]1NC2=O. The van der Waals surface area contributed by atoms with E-state index in [4.69, 9.17) is 0 Å². The van der Waals surface area contributed by atoms with Gasteiger partial charge >= 0.3 is 0 Å². The van der Waals surface area contributed by atoms with E-state index in [9.17, 15) is 9.59 Å². The maximum atomic E-state index is 13.1. The zero-order chi connectivity index (χ0) is 18.3. The summed E-state index contributed by atoms with van der Waals surface area (Å²) in [6.07, 6.45) is 3.96. The van der Waals surface area contributed by atoms with Gasteiger partial charge in [-0.25, -0.2) is 0 Å². The average molecular weight is 348 g/mol. The van der Waals surface area contributed by atoms with Crippen molar-refractivity contribution in [2.45, 2.75) is 51.6 Å². The van der Waals surface area contributed by atoms with E-state index in [1.165, 1.54) is 0 Å². The number of carbonyl (C=O) groups excluding carboxylic acids is 2.